The summed E-state index contributed by atoms with van der Waals surface area (Å²) in [6, 6.07) is 12.2. The number of ether oxygens (including phenoxy) is 2. The summed E-state index contributed by atoms with van der Waals surface area (Å²) in [5, 5.41) is 3.02. The van der Waals surface area contributed by atoms with E-state index >= 15 is 0 Å². The molecule has 0 radical (unpaired) electrons. The highest BCUT2D eigenvalue weighted by Crippen LogP contribution is 2.42. The van der Waals surface area contributed by atoms with Gasteiger partial charge < -0.3 is 20.5 Å². The number of hydrogen-bond acceptors (Lipinski definition) is 4. The van der Waals surface area contributed by atoms with Crippen molar-refractivity contribution in [2.75, 3.05) is 7.11 Å². The first-order valence-electron chi connectivity index (χ1n) is 9.52. The van der Waals surface area contributed by atoms with Crippen LogP contribution < -0.4 is 15.8 Å². The van der Waals surface area contributed by atoms with Crippen LogP contribution >= 0.6 is 0 Å². The van der Waals surface area contributed by atoms with Crippen LogP contribution in [0.2, 0.25) is 0 Å². The number of carbonyl (C=O) groups excluding carboxylic acids is 1. The van der Waals surface area contributed by atoms with Crippen molar-refractivity contribution in [1.29, 1.82) is 0 Å². The van der Waals surface area contributed by atoms with Gasteiger partial charge in [-0.25, -0.2) is 0 Å². The second kappa shape index (κ2) is 6.98. The first-order chi connectivity index (χ1) is 13.0. The zero-order valence-corrected chi connectivity index (χ0v) is 15.9. The van der Waals surface area contributed by atoms with Crippen LogP contribution in [0.15, 0.2) is 36.4 Å². The molecule has 5 nitrogen and oxygen atoms in total. The van der Waals surface area contributed by atoms with Gasteiger partial charge in [-0.2, -0.15) is 0 Å². The van der Waals surface area contributed by atoms with E-state index in [2.05, 4.69) is 17.4 Å². The van der Waals surface area contributed by atoms with E-state index in [4.69, 9.17) is 15.2 Å². The number of fused-ring (bicyclic) bond motifs is 2. The topological polar surface area (TPSA) is 73.6 Å². The molecule has 142 valence electrons. The van der Waals surface area contributed by atoms with Crippen LogP contribution in [0.4, 0.5) is 0 Å². The van der Waals surface area contributed by atoms with Gasteiger partial charge in [0.05, 0.1) is 7.11 Å². The van der Waals surface area contributed by atoms with E-state index in [1.54, 1.807) is 7.11 Å². The van der Waals surface area contributed by atoms with Gasteiger partial charge in [-0.1, -0.05) is 24.3 Å². The molecule has 0 aromatic heterocycles. The van der Waals surface area contributed by atoms with Crippen molar-refractivity contribution in [3.8, 4) is 5.75 Å². The summed E-state index contributed by atoms with van der Waals surface area (Å²) in [5.74, 6) is 0.590. The molecule has 0 fully saturated rings. The zero-order chi connectivity index (χ0) is 19.0. The molecule has 5 heteroatoms. The van der Waals surface area contributed by atoms with Gasteiger partial charge in [0.1, 0.15) is 12.0 Å². The number of nitrogens with two attached hydrogens (primary N) is 1. The van der Waals surface area contributed by atoms with Gasteiger partial charge in [0.2, 0.25) is 5.91 Å². The molecule has 4 rings (SSSR count). The van der Waals surface area contributed by atoms with E-state index in [0.717, 1.165) is 41.7 Å². The molecule has 2 atom stereocenters. The molecule has 3 N–H and O–H groups in total. The molecule has 0 spiro atoms. The first-order valence-corrected chi connectivity index (χ1v) is 9.52. The van der Waals surface area contributed by atoms with Gasteiger partial charge in [0.25, 0.3) is 0 Å². The third-order valence-electron chi connectivity index (χ3n) is 5.66. The van der Waals surface area contributed by atoms with Crippen LogP contribution in [-0.4, -0.2) is 13.0 Å². The molecule has 2 aromatic rings. The van der Waals surface area contributed by atoms with E-state index in [0.29, 0.717) is 6.42 Å². The molecule has 2 aromatic carbocycles. The Morgan fingerprint density at radius 1 is 1.11 bits per heavy atom. The smallest absolute Gasteiger partial charge is 0.219 e. The number of amides is 1. The fraction of sp³-hybridized carbons (Fsp3) is 0.409. The predicted octanol–water partition coefficient (Wildman–Crippen LogP) is 3.09. The lowest BCUT2D eigenvalue weighted by Gasteiger charge is -2.34. The molecule has 0 bridgehead atoms. The summed E-state index contributed by atoms with van der Waals surface area (Å²) in [7, 11) is 1.63. The fourth-order valence-electron chi connectivity index (χ4n) is 4.34. The number of aryl methyl sites for hydroxylation is 3. The minimum Gasteiger partial charge on any atom is -0.497 e. The molecular formula is C22H26N2O3. The average Bonchev–Trinajstić information content (AvgIpc) is 3.25. The standard InChI is InChI=1S/C22H26N2O3/c1-14(25)24-22(11-10-16-8-9-19(26-2)13-20(16)22)27-21(23)18-7-6-15-4-3-5-17(15)12-18/h6-9,12-13,21H,3-5,10-11,23H2,1-2H3,(H,24,25)/t21?,22-/m0/s1. The van der Waals surface area contributed by atoms with E-state index < -0.39 is 12.0 Å². The van der Waals surface area contributed by atoms with E-state index in [1.165, 1.54) is 24.5 Å². The van der Waals surface area contributed by atoms with Crippen LogP contribution in [0.25, 0.3) is 0 Å². The lowest BCUT2D eigenvalue weighted by Crippen LogP contribution is -2.47. The number of hydrogen-bond donors (Lipinski definition) is 2. The van der Waals surface area contributed by atoms with Crippen molar-refractivity contribution < 1.29 is 14.3 Å². The van der Waals surface area contributed by atoms with Crippen LogP contribution in [-0.2, 0) is 34.5 Å². The largest absolute Gasteiger partial charge is 0.497 e. The average molecular weight is 366 g/mol. The van der Waals surface area contributed by atoms with Crippen molar-refractivity contribution in [2.24, 2.45) is 5.73 Å². The maximum absolute atomic E-state index is 12.0. The molecule has 1 amide bonds. The third-order valence-corrected chi connectivity index (χ3v) is 5.66. The number of rotatable bonds is 5. The van der Waals surface area contributed by atoms with E-state index in [1.807, 2.05) is 24.3 Å². The molecule has 2 aliphatic rings. The van der Waals surface area contributed by atoms with Gasteiger partial charge >= 0.3 is 0 Å². The summed E-state index contributed by atoms with van der Waals surface area (Å²) < 4.78 is 11.8. The molecule has 0 aliphatic heterocycles. The van der Waals surface area contributed by atoms with Crippen molar-refractivity contribution in [2.45, 2.75) is 51.0 Å². The third kappa shape index (κ3) is 3.33. The zero-order valence-electron chi connectivity index (χ0n) is 15.9. The Bertz CT molecular complexity index is 880. The molecular weight excluding hydrogens is 340 g/mol. The number of carbonyl (C=O) groups is 1. The Hall–Kier alpha value is -2.37. The van der Waals surface area contributed by atoms with Crippen LogP contribution in [0.1, 0.15) is 53.8 Å². The van der Waals surface area contributed by atoms with Gasteiger partial charge in [0.15, 0.2) is 5.72 Å². The number of benzene rings is 2. The Morgan fingerprint density at radius 3 is 2.67 bits per heavy atom. The maximum Gasteiger partial charge on any atom is 0.219 e. The Labute approximate surface area is 159 Å². The molecule has 0 saturated heterocycles. The Morgan fingerprint density at radius 2 is 1.89 bits per heavy atom. The highest BCUT2D eigenvalue weighted by atomic mass is 16.5. The lowest BCUT2D eigenvalue weighted by molar-refractivity contribution is -0.146. The molecule has 27 heavy (non-hydrogen) atoms. The SMILES string of the molecule is COc1ccc2c(c1)[C@@](NC(C)=O)(OC(N)c1ccc3c(c1)CCC3)CC2. The quantitative estimate of drug-likeness (QED) is 0.798. The lowest BCUT2D eigenvalue weighted by atomic mass is 10.0. The normalized spacial score (nSPS) is 21.4. The second-order valence-electron chi connectivity index (χ2n) is 7.45. The predicted molar refractivity (Wildman–Crippen MR) is 103 cm³/mol. The summed E-state index contributed by atoms with van der Waals surface area (Å²) in [6.07, 6.45) is 4.25. The fourth-order valence-corrected chi connectivity index (χ4v) is 4.34. The highest BCUT2D eigenvalue weighted by molar-refractivity contribution is 5.74. The van der Waals surface area contributed by atoms with Gasteiger partial charge in [-0.15, -0.1) is 0 Å². The summed E-state index contributed by atoms with van der Waals surface area (Å²) in [4.78, 5) is 12.0. The first kappa shape index (κ1) is 18.0. The van der Waals surface area contributed by atoms with Crippen molar-refractivity contribution in [3.63, 3.8) is 0 Å². The number of nitrogens with one attached hydrogen (secondary N) is 1. The summed E-state index contributed by atoms with van der Waals surface area (Å²) in [5.41, 5.74) is 11.3. The Balaban J connectivity index is 1.67. The van der Waals surface area contributed by atoms with Gasteiger partial charge in [0, 0.05) is 18.9 Å². The second-order valence-corrected chi connectivity index (χ2v) is 7.45. The van der Waals surface area contributed by atoms with Crippen LogP contribution in [0, 0.1) is 0 Å². The molecule has 0 heterocycles. The van der Waals surface area contributed by atoms with Crippen LogP contribution in [0.5, 0.6) is 5.75 Å². The van der Waals surface area contributed by atoms with Crippen LogP contribution in [0.3, 0.4) is 0 Å². The summed E-state index contributed by atoms with van der Waals surface area (Å²) in [6.45, 7) is 1.50. The minimum absolute atomic E-state index is 0.146. The molecule has 1 unspecified atom stereocenters. The minimum atomic E-state index is -0.936. The summed E-state index contributed by atoms with van der Waals surface area (Å²) >= 11 is 0. The van der Waals surface area contributed by atoms with E-state index in [-0.39, 0.29) is 5.91 Å². The highest BCUT2D eigenvalue weighted by Gasteiger charge is 2.42. The maximum atomic E-state index is 12.0. The Kier molecular flexibility index (Phi) is 4.66. The van der Waals surface area contributed by atoms with Gasteiger partial charge in [-0.05, 0) is 60.1 Å². The number of methoxy groups -OCH3 is 1. The van der Waals surface area contributed by atoms with Crippen molar-refractivity contribution in [3.05, 3.63) is 64.2 Å². The molecule has 0 saturated carbocycles. The monoisotopic (exact) mass is 366 g/mol. The molecule has 2 aliphatic carbocycles. The van der Waals surface area contributed by atoms with Gasteiger partial charge in [-0.3, -0.25) is 4.79 Å². The van der Waals surface area contributed by atoms with Crippen molar-refractivity contribution in [1.82, 2.24) is 5.32 Å². The van der Waals surface area contributed by atoms with Crippen molar-refractivity contribution >= 4 is 5.91 Å². The van der Waals surface area contributed by atoms with E-state index in [9.17, 15) is 4.79 Å².